The van der Waals surface area contributed by atoms with Gasteiger partial charge in [0.05, 0.1) is 5.75 Å². The van der Waals surface area contributed by atoms with Gasteiger partial charge in [0.25, 0.3) is 0 Å². The van der Waals surface area contributed by atoms with Crippen LogP contribution in [0.4, 0.5) is 5.69 Å². The Morgan fingerprint density at radius 1 is 1.36 bits per heavy atom. The van der Waals surface area contributed by atoms with E-state index in [-0.39, 0.29) is 17.6 Å². The topological polar surface area (TPSA) is 71.0 Å². The van der Waals surface area contributed by atoms with Crippen molar-refractivity contribution in [2.75, 3.05) is 17.2 Å². The van der Waals surface area contributed by atoms with Gasteiger partial charge in [0.1, 0.15) is 0 Å². The highest BCUT2D eigenvalue weighted by Crippen LogP contribution is 2.36. The van der Waals surface area contributed by atoms with Crippen LogP contribution in [-0.2, 0) is 11.2 Å². The Morgan fingerprint density at radius 3 is 3.00 bits per heavy atom. The molecule has 0 unspecified atom stereocenters. The molecule has 0 saturated heterocycles. The van der Waals surface area contributed by atoms with E-state index in [0.29, 0.717) is 10.9 Å². The number of rotatable bonds is 4. The van der Waals surface area contributed by atoms with E-state index in [0.717, 1.165) is 31.5 Å². The fourth-order valence-corrected chi connectivity index (χ4v) is 3.74. The minimum atomic E-state index is -0.177. The lowest BCUT2D eigenvalue weighted by Gasteiger charge is -2.16. The van der Waals surface area contributed by atoms with Crippen LogP contribution < -0.4 is 10.6 Å². The first-order valence-corrected chi connectivity index (χ1v) is 8.40. The molecule has 1 N–H and O–H groups in total. The Kier molecular flexibility index (Phi) is 3.29. The molecular weight excluding hydrogens is 300 g/mol. The van der Waals surface area contributed by atoms with Crippen molar-refractivity contribution in [1.82, 2.24) is 14.8 Å². The number of aromatic nitrogens is 3. The molecule has 2 aromatic rings. The molecule has 0 atom stereocenters. The van der Waals surface area contributed by atoms with Crippen LogP contribution in [0.25, 0.3) is 0 Å². The summed E-state index contributed by atoms with van der Waals surface area (Å²) < 4.78 is 1.68. The molecule has 6 nitrogen and oxygen atoms in total. The van der Waals surface area contributed by atoms with E-state index in [1.54, 1.807) is 4.57 Å². The third-order valence-corrected chi connectivity index (χ3v) is 5.03. The minimum absolute atomic E-state index is 0.0627. The first-order valence-electron chi connectivity index (χ1n) is 7.42. The molecule has 1 aliphatic heterocycles. The maximum Gasteiger partial charge on any atom is 0.344 e. The van der Waals surface area contributed by atoms with Gasteiger partial charge in [0.2, 0.25) is 5.91 Å². The second-order valence-electron chi connectivity index (χ2n) is 5.63. The summed E-state index contributed by atoms with van der Waals surface area (Å²) in [7, 11) is 0. The number of carbonyl (C=O) groups excluding carboxylic acids is 1. The van der Waals surface area contributed by atoms with Crippen LogP contribution >= 0.6 is 11.8 Å². The van der Waals surface area contributed by atoms with E-state index in [2.05, 4.69) is 16.3 Å². The van der Waals surface area contributed by atoms with Crippen LogP contribution in [0.1, 0.15) is 24.4 Å². The molecule has 0 spiro atoms. The van der Waals surface area contributed by atoms with E-state index in [1.165, 1.54) is 17.3 Å². The lowest BCUT2D eigenvalue weighted by molar-refractivity contribution is -0.116. The van der Waals surface area contributed by atoms with Crippen LogP contribution in [0.15, 0.2) is 34.2 Å². The van der Waals surface area contributed by atoms with E-state index in [1.807, 2.05) is 23.1 Å². The zero-order chi connectivity index (χ0) is 15.1. The van der Waals surface area contributed by atoms with Crippen LogP contribution in [0.3, 0.4) is 0 Å². The van der Waals surface area contributed by atoms with E-state index in [9.17, 15) is 9.59 Å². The fourth-order valence-electron chi connectivity index (χ4n) is 2.85. The Labute approximate surface area is 131 Å². The maximum atomic E-state index is 12.5. The Morgan fingerprint density at radius 2 is 2.18 bits per heavy atom. The number of anilines is 1. The number of fused-ring (bicyclic) bond motifs is 1. The Balaban J connectivity index is 1.47. The molecular formula is C15H16N4O2S. The third kappa shape index (κ3) is 2.35. The summed E-state index contributed by atoms with van der Waals surface area (Å²) in [5.74, 6) is 0.360. The number of hydrogen-bond donors (Lipinski definition) is 1. The van der Waals surface area contributed by atoms with Crippen molar-refractivity contribution in [1.29, 1.82) is 0 Å². The molecule has 1 amide bonds. The zero-order valence-corrected chi connectivity index (χ0v) is 12.8. The van der Waals surface area contributed by atoms with Gasteiger partial charge in [-0.15, -0.1) is 5.10 Å². The zero-order valence-electron chi connectivity index (χ0n) is 12.0. The van der Waals surface area contributed by atoms with Crippen molar-refractivity contribution in [3.05, 3.63) is 40.3 Å². The molecule has 114 valence electrons. The number of aromatic amines is 1. The van der Waals surface area contributed by atoms with Crippen molar-refractivity contribution in [2.24, 2.45) is 0 Å². The van der Waals surface area contributed by atoms with Crippen molar-refractivity contribution >= 4 is 23.4 Å². The number of carbonyl (C=O) groups is 1. The molecule has 0 radical (unpaired) electrons. The first-order chi connectivity index (χ1) is 10.7. The smallest absolute Gasteiger partial charge is 0.311 e. The summed E-state index contributed by atoms with van der Waals surface area (Å²) >= 11 is 1.34. The second-order valence-corrected chi connectivity index (χ2v) is 6.57. The van der Waals surface area contributed by atoms with Crippen LogP contribution in [0.5, 0.6) is 0 Å². The number of nitrogens with one attached hydrogen (secondary N) is 1. The average molecular weight is 316 g/mol. The largest absolute Gasteiger partial charge is 0.344 e. The first kappa shape index (κ1) is 13.6. The Hall–Kier alpha value is -2.02. The van der Waals surface area contributed by atoms with Gasteiger partial charge in [-0.1, -0.05) is 30.0 Å². The number of amides is 1. The number of H-pyrrole nitrogens is 1. The van der Waals surface area contributed by atoms with Crippen molar-refractivity contribution in [3.63, 3.8) is 0 Å². The average Bonchev–Trinajstić information content (AvgIpc) is 3.16. The van der Waals surface area contributed by atoms with Crippen LogP contribution in [-0.4, -0.2) is 33.0 Å². The summed E-state index contributed by atoms with van der Waals surface area (Å²) in [6.45, 7) is 0.731. The van der Waals surface area contributed by atoms with E-state index >= 15 is 0 Å². The summed E-state index contributed by atoms with van der Waals surface area (Å²) in [5, 5.41) is 7.14. The van der Waals surface area contributed by atoms with Crippen LogP contribution in [0.2, 0.25) is 0 Å². The predicted octanol–water partition coefficient (Wildman–Crippen LogP) is 1.59. The number of hydrogen-bond acceptors (Lipinski definition) is 4. The van der Waals surface area contributed by atoms with Gasteiger partial charge >= 0.3 is 5.69 Å². The standard InChI is InChI=1S/C15H16N4O2S/c20-13(18-8-7-10-3-1-2-4-12(10)18)9-22-15-17-16-14(21)19(15)11-5-6-11/h1-4,11H,5-9H2,(H,16,21). The number of thioether (sulfide) groups is 1. The molecule has 2 heterocycles. The summed E-state index contributed by atoms with van der Waals surface area (Å²) in [4.78, 5) is 26.0. The highest BCUT2D eigenvalue weighted by Gasteiger charge is 2.29. The van der Waals surface area contributed by atoms with Crippen molar-refractivity contribution in [2.45, 2.75) is 30.5 Å². The highest BCUT2D eigenvalue weighted by atomic mass is 32.2. The SMILES string of the molecule is O=C(CSc1n[nH]c(=O)n1C1CC1)N1CCc2ccccc21. The van der Waals surface area contributed by atoms with Gasteiger partial charge in [-0.05, 0) is 30.9 Å². The molecule has 1 saturated carbocycles. The van der Waals surface area contributed by atoms with Crippen molar-refractivity contribution in [3.8, 4) is 0 Å². The molecule has 1 fully saturated rings. The van der Waals surface area contributed by atoms with Crippen molar-refractivity contribution < 1.29 is 4.79 Å². The van der Waals surface area contributed by atoms with Gasteiger partial charge in [0, 0.05) is 18.3 Å². The molecule has 0 bridgehead atoms. The second kappa shape index (κ2) is 5.31. The summed E-state index contributed by atoms with van der Waals surface area (Å²) in [6.07, 6.45) is 2.93. The quantitative estimate of drug-likeness (QED) is 0.870. The monoisotopic (exact) mass is 316 g/mol. The molecule has 2 aliphatic rings. The number of para-hydroxylation sites is 1. The number of nitrogens with zero attached hydrogens (tertiary/aromatic N) is 3. The highest BCUT2D eigenvalue weighted by molar-refractivity contribution is 7.99. The van der Waals surface area contributed by atoms with Gasteiger partial charge in [-0.3, -0.25) is 9.36 Å². The lowest BCUT2D eigenvalue weighted by atomic mass is 10.2. The van der Waals surface area contributed by atoms with Gasteiger partial charge in [0.15, 0.2) is 5.16 Å². The fraction of sp³-hybridized carbons (Fsp3) is 0.400. The Bertz CT molecular complexity index is 778. The predicted molar refractivity (Wildman–Crippen MR) is 84.3 cm³/mol. The lowest BCUT2D eigenvalue weighted by Crippen LogP contribution is -2.30. The van der Waals surface area contributed by atoms with Gasteiger partial charge in [-0.25, -0.2) is 9.89 Å². The molecule has 7 heteroatoms. The number of benzene rings is 1. The van der Waals surface area contributed by atoms with E-state index < -0.39 is 0 Å². The van der Waals surface area contributed by atoms with Gasteiger partial charge < -0.3 is 4.90 Å². The maximum absolute atomic E-state index is 12.5. The molecule has 1 aromatic heterocycles. The third-order valence-electron chi connectivity index (χ3n) is 4.10. The summed E-state index contributed by atoms with van der Waals surface area (Å²) in [6, 6.07) is 8.26. The van der Waals surface area contributed by atoms with Crippen LogP contribution in [0, 0.1) is 0 Å². The normalized spacial score (nSPS) is 16.8. The van der Waals surface area contributed by atoms with E-state index in [4.69, 9.17) is 0 Å². The summed E-state index contributed by atoms with van der Waals surface area (Å²) in [5.41, 5.74) is 2.05. The molecule has 1 aromatic carbocycles. The molecule has 1 aliphatic carbocycles. The van der Waals surface area contributed by atoms with Gasteiger partial charge in [-0.2, -0.15) is 0 Å². The molecule has 4 rings (SSSR count). The minimum Gasteiger partial charge on any atom is -0.311 e. The molecule has 22 heavy (non-hydrogen) atoms.